The van der Waals surface area contributed by atoms with Gasteiger partial charge in [-0.25, -0.2) is 0 Å². The molecular formula is C27H31N5O3. The zero-order valence-electron chi connectivity index (χ0n) is 20.7. The lowest BCUT2D eigenvalue weighted by Crippen LogP contribution is -2.43. The van der Waals surface area contributed by atoms with Crippen LogP contribution >= 0.6 is 0 Å². The van der Waals surface area contributed by atoms with Crippen molar-refractivity contribution in [2.75, 3.05) is 13.6 Å². The van der Waals surface area contributed by atoms with Crippen molar-refractivity contribution in [3.05, 3.63) is 82.9 Å². The Hall–Kier alpha value is -3.81. The van der Waals surface area contributed by atoms with Gasteiger partial charge in [-0.1, -0.05) is 24.3 Å². The van der Waals surface area contributed by atoms with Crippen LogP contribution in [0.25, 0.3) is 0 Å². The molecule has 3 heterocycles. The van der Waals surface area contributed by atoms with Gasteiger partial charge in [-0.3, -0.25) is 28.9 Å². The molecule has 1 fully saturated rings. The van der Waals surface area contributed by atoms with Gasteiger partial charge in [0, 0.05) is 44.5 Å². The zero-order valence-corrected chi connectivity index (χ0v) is 20.7. The first kappa shape index (κ1) is 24.3. The lowest BCUT2D eigenvalue weighted by Gasteiger charge is -2.30. The Labute approximate surface area is 205 Å². The second-order valence-electron chi connectivity index (χ2n) is 9.36. The molecule has 0 N–H and O–H groups in total. The van der Waals surface area contributed by atoms with Crippen LogP contribution in [0, 0.1) is 20.8 Å². The van der Waals surface area contributed by atoms with Crippen molar-refractivity contribution in [2.45, 2.75) is 52.1 Å². The van der Waals surface area contributed by atoms with Crippen LogP contribution in [0.1, 0.15) is 40.9 Å². The molecule has 2 aromatic heterocycles. The first-order valence-electron chi connectivity index (χ1n) is 11.8. The Balaban J connectivity index is 1.59. The fourth-order valence-corrected chi connectivity index (χ4v) is 4.85. The van der Waals surface area contributed by atoms with Crippen molar-refractivity contribution < 1.29 is 14.4 Å². The maximum absolute atomic E-state index is 13.9. The molecule has 3 amide bonds. The molecule has 3 aromatic rings. The van der Waals surface area contributed by atoms with Crippen molar-refractivity contribution in [3.8, 4) is 0 Å². The molecule has 8 heteroatoms. The molecule has 0 bridgehead atoms. The molecule has 0 aliphatic carbocycles. The van der Waals surface area contributed by atoms with Gasteiger partial charge in [0.2, 0.25) is 17.7 Å². The smallest absolute Gasteiger partial charge is 0.241 e. The van der Waals surface area contributed by atoms with Crippen LogP contribution in [-0.2, 0) is 32.9 Å². The van der Waals surface area contributed by atoms with E-state index in [1.807, 2.05) is 55.8 Å². The van der Waals surface area contributed by atoms with Crippen LogP contribution in [0.4, 0.5) is 0 Å². The van der Waals surface area contributed by atoms with E-state index in [1.165, 1.54) is 4.90 Å². The van der Waals surface area contributed by atoms with Gasteiger partial charge in [0.05, 0.1) is 24.2 Å². The Bertz CT molecular complexity index is 1250. The van der Waals surface area contributed by atoms with Crippen molar-refractivity contribution in [1.29, 1.82) is 0 Å². The van der Waals surface area contributed by atoms with Crippen LogP contribution in [-0.4, -0.2) is 55.9 Å². The Morgan fingerprint density at radius 2 is 1.80 bits per heavy atom. The molecule has 182 valence electrons. The number of aryl methyl sites for hydroxylation is 3. The topological polar surface area (TPSA) is 88.4 Å². The number of nitrogens with zero attached hydrogens (tertiary/aromatic N) is 5. The predicted molar refractivity (Wildman–Crippen MR) is 131 cm³/mol. The fraction of sp³-hybridized carbons (Fsp3) is 0.370. The maximum atomic E-state index is 13.9. The first-order chi connectivity index (χ1) is 16.7. The number of hydrogen-bond donors (Lipinski definition) is 0. The van der Waals surface area contributed by atoms with E-state index in [0.717, 1.165) is 28.1 Å². The van der Waals surface area contributed by atoms with E-state index in [-0.39, 0.29) is 37.1 Å². The summed E-state index contributed by atoms with van der Waals surface area (Å²) in [6.07, 6.45) is 3.17. The monoisotopic (exact) mass is 473 g/mol. The molecule has 1 aromatic carbocycles. The van der Waals surface area contributed by atoms with Gasteiger partial charge < -0.3 is 4.90 Å². The van der Waals surface area contributed by atoms with E-state index in [4.69, 9.17) is 0 Å². The number of carbonyl (C=O) groups excluding carboxylic acids is 3. The van der Waals surface area contributed by atoms with Crippen LogP contribution in [0.3, 0.4) is 0 Å². The third-order valence-electron chi connectivity index (χ3n) is 6.79. The fourth-order valence-electron chi connectivity index (χ4n) is 4.85. The Morgan fingerprint density at radius 1 is 1.09 bits per heavy atom. The third kappa shape index (κ3) is 4.87. The summed E-state index contributed by atoms with van der Waals surface area (Å²) in [7, 11) is 1.73. The molecule has 1 aliphatic rings. The van der Waals surface area contributed by atoms with Gasteiger partial charge in [0.1, 0.15) is 0 Å². The highest BCUT2D eigenvalue weighted by Gasteiger charge is 2.54. The number of likely N-dealkylation sites (tertiary alicyclic amines) is 1. The van der Waals surface area contributed by atoms with Gasteiger partial charge in [-0.05, 0) is 55.7 Å². The van der Waals surface area contributed by atoms with Crippen molar-refractivity contribution in [3.63, 3.8) is 0 Å². The molecule has 0 radical (unpaired) electrons. The minimum atomic E-state index is -1.22. The molecule has 0 unspecified atom stereocenters. The van der Waals surface area contributed by atoms with Gasteiger partial charge in [0.25, 0.3) is 0 Å². The van der Waals surface area contributed by atoms with Crippen molar-refractivity contribution in [2.24, 2.45) is 0 Å². The summed E-state index contributed by atoms with van der Waals surface area (Å²) < 4.78 is 1.87. The summed E-state index contributed by atoms with van der Waals surface area (Å²) in [4.78, 5) is 47.4. The quantitative estimate of drug-likeness (QED) is 0.470. The summed E-state index contributed by atoms with van der Waals surface area (Å²) in [6.45, 7) is 7.00. The van der Waals surface area contributed by atoms with Crippen LogP contribution in [0.2, 0.25) is 0 Å². The summed E-state index contributed by atoms with van der Waals surface area (Å²) >= 11 is 0. The largest absolute Gasteiger partial charge is 0.344 e. The number of imide groups is 1. The van der Waals surface area contributed by atoms with Gasteiger partial charge in [0.15, 0.2) is 0 Å². The van der Waals surface area contributed by atoms with Crippen molar-refractivity contribution >= 4 is 17.7 Å². The highest BCUT2D eigenvalue weighted by atomic mass is 16.2. The molecule has 1 atom stereocenters. The van der Waals surface area contributed by atoms with Crippen LogP contribution in [0.15, 0.2) is 54.9 Å². The molecule has 1 saturated heterocycles. The Kier molecular flexibility index (Phi) is 6.82. The third-order valence-corrected chi connectivity index (χ3v) is 6.79. The van der Waals surface area contributed by atoms with E-state index in [2.05, 4.69) is 10.1 Å². The van der Waals surface area contributed by atoms with Gasteiger partial charge in [-0.2, -0.15) is 5.10 Å². The van der Waals surface area contributed by atoms with Gasteiger partial charge >= 0.3 is 0 Å². The van der Waals surface area contributed by atoms with Crippen LogP contribution in [0.5, 0.6) is 0 Å². The molecule has 1 aliphatic heterocycles. The summed E-state index contributed by atoms with van der Waals surface area (Å²) in [5.74, 6) is -0.774. The highest BCUT2D eigenvalue weighted by Crippen LogP contribution is 2.42. The minimum Gasteiger partial charge on any atom is -0.344 e. The zero-order chi connectivity index (χ0) is 25.2. The van der Waals surface area contributed by atoms with Gasteiger partial charge in [-0.15, -0.1) is 0 Å². The highest BCUT2D eigenvalue weighted by molar-refractivity contribution is 6.10. The molecule has 8 nitrogen and oxygen atoms in total. The first-order valence-corrected chi connectivity index (χ1v) is 11.8. The summed E-state index contributed by atoms with van der Waals surface area (Å²) in [5.41, 5.74) is 3.17. The predicted octanol–water partition coefficient (Wildman–Crippen LogP) is 2.95. The number of benzene rings is 1. The second-order valence-corrected chi connectivity index (χ2v) is 9.36. The normalized spacial score (nSPS) is 17.8. The number of likely N-dealkylation sites (N-methyl/N-ethyl adjacent to an activating group) is 1. The lowest BCUT2D eigenvalue weighted by atomic mass is 9.74. The number of hydrogen-bond acceptors (Lipinski definition) is 5. The molecular weight excluding hydrogens is 442 g/mol. The summed E-state index contributed by atoms with van der Waals surface area (Å²) in [5, 5.41) is 4.46. The molecule has 4 rings (SSSR count). The number of amides is 3. The SMILES string of the molecule is Cc1cc(C)n(CCN(C)C(=O)C[C@]2(c3ccccc3C)CC(=O)N(Cc3ccncc3)C2=O)n1. The summed E-state index contributed by atoms with van der Waals surface area (Å²) in [6, 6.07) is 13.1. The maximum Gasteiger partial charge on any atom is 0.241 e. The Morgan fingerprint density at radius 3 is 2.46 bits per heavy atom. The second kappa shape index (κ2) is 9.82. The van der Waals surface area contributed by atoms with E-state index in [1.54, 1.807) is 36.5 Å². The standard InChI is InChI=1S/C27H31N5O3/c1-19-7-5-6-8-23(19)27(16-24(33)30(4)13-14-32-21(3)15-20(2)29-32)17-25(34)31(26(27)35)18-22-9-11-28-12-10-22/h5-12,15H,13-14,16-18H2,1-4H3/t27-/m1/s1. The lowest BCUT2D eigenvalue weighted by molar-refractivity contribution is -0.143. The number of carbonyl (C=O) groups is 3. The van der Waals surface area contributed by atoms with Crippen LogP contribution < -0.4 is 0 Å². The minimum absolute atomic E-state index is 0.0290. The molecule has 35 heavy (non-hydrogen) atoms. The number of rotatable bonds is 8. The van der Waals surface area contributed by atoms with E-state index >= 15 is 0 Å². The van der Waals surface area contributed by atoms with Crippen molar-refractivity contribution in [1.82, 2.24) is 24.6 Å². The van der Waals surface area contributed by atoms with E-state index in [0.29, 0.717) is 13.1 Å². The average Bonchev–Trinajstić information content (AvgIpc) is 3.28. The van der Waals surface area contributed by atoms with E-state index in [9.17, 15) is 14.4 Å². The average molecular weight is 474 g/mol. The van der Waals surface area contributed by atoms with E-state index < -0.39 is 5.41 Å². The molecule has 0 saturated carbocycles. The molecule has 0 spiro atoms. The number of aromatic nitrogens is 3. The number of pyridine rings is 1.